The van der Waals surface area contributed by atoms with Crippen LogP contribution in [0.2, 0.25) is 26.2 Å². The quantitative estimate of drug-likeness (QED) is 0.502. The molecule has 0 radical (unpaired) electrons. The fourth-order valence-electron chi connectivity index (χ4n) is 3.32. The third-order valence-corrected chi connectivity index (χ3v) is 12.1. The van der Waals surface area contributed by atoms with Crippen molar-refractivity contribution in [3.8, 4) is 11.5 Å². The minimum Gasteiger partial charge on any atom is -0.497 e. The maximum atomic E-state index is 11.6. The molecule has 0 saturated heterocycles. The number of aldehydes is 2. The Balaban J connectivity index is 2.50. The zero-order valence-corrected chi connectivity index (χ0v) is 18.7. The highest BCUT2D eigenvalue weighted by Crippen LogP contribution is 2.21. The van der Waals surface area contributed by atoms with Crippen LogP contribution in [0.5, 0.6) is 11.5 Å². The van der Waals surface area contributed by atoms with Gasteiger partial charge in [-0.1, -0.05) is 0 Å². The summed E-state index contributed by atoms with van der Waals surface area (Å²) in [7, 11) is -1.77. The van der Waals surface area contributed by atoms with Crippen molar-refractivity contribution in [2.45, 2.75) is 26.2 Å². The zero-order chi connectivity index (χ0) is 20.2. The van der Waals surface area contributed by atoms with Crippen LogP contribution in [0.15, 0.2) is 36.4 Å². The number of rotatable bonds is 8. The Morgan fingerprint density at radius 2 is 1.07 bits per heavy atom. The molecule has 0 aliphatic carbocycles. The van der Waals surface area contributed by atoms with Crippen LogP contribution in [0.25, 0.3) is 0 Å². The van der Waals surface area contributed by atoms with E-state index in [1.807, 2.05) is 12.1 Å². The van der Waals surface area contributed by atoms with E-state index in [9.17, 15) is 9.59 Å². The highest BCUT2D eigenvalue weighted by molar-refractivity contribution is 6.97. The molecule has 2 aromatic carbocycles. The molecule has 0 heterocycles. The Kier molecular flexibility index (Phi) is 6.40. The van der Waals surface area contributed by atoms with E-state index in [2.05, 4.69) is 26.2 Å². The minimum atomic E-state index is -2.48. The Bertz CT molecular complexity index is 777. The van der Waals surface area contributed by atoms with Gasteiger partial charge >= 0.3 is 0 Å². The molecule has 7 heteroatoms. The molecule has 0 N–H and O–H groups in total. The van der Waals surface area contributed by atoms with E-state index in [1.54, 1.807) is 38.5 Å². The molecule has 2 rings (SSSR count). The molecule has 0 spiro atoms. The predicted molar refractivity (Wildman–Crippen MR) is 112 cm³/mol. The van der Waals surface area contributed by atoms with Gasteiger partial charge in [-0.05, 0) is 73.0 Å². The van der Waals surface area contributed by atoms with Gasteiger partial charge in [0.25, 0.3) is 0 Å². The first kappa shape index (κ1) is 21.1. The van der Waals surface area contributed by atoms with E-state index >= 15 is 0 Å². The van der Waals surface area contributed by atoms with Crippen LogP contribution in [-0.2, 0) is 4.12 Å². The van der Waals surface area contributed by atoms with Crippen LogP contribution < -0.4 is 19.8 Å². The van der Waals surface area contributed by atoms with Crippen LogP contribution in [0.4, 0.5) is 0 Å². The van der Waals surface area contributed by atoms with Gasteiger partial charge in [0.2, 0.25) is 16.6 Å². The number of ether oxygens (including phenoxy) is 2. The maximum absolute atomic E-state index is 11.6. The summed E-state index contributed by atoms with van der Waals surface area (Å²) in [6.45, 7) is 8.24. The van der Waals surface area contributed by atoms with Crippen LogP contribution in [0.1, 0.15) is 20.7 Å². The van der Waals surface area contributed by atoms with E-state index in [4.69, 9.17) is 13.6 Å². The largest absolute Gasteiger partial charge is 0.497 e. The first-order valence-corrected chi connectivity index (χ1v) is 14.5. The van der Waals surface area contributed by atoms with Crippen molar-refractivity contribution < 1.29 is 23.2 Å². The molecule has 0 aromatic heterocycles. The molecule has 2 aromatic rings. The molecule has 0 bridgehead atoms. The van der Waals surface area contributed by atoms with Crippen molar-refractivity contribution >= 4 is 39.6 Å². The Labute approximate surface area is 162 Å². The minimum absolute atomic E-state index is 0.610. The third-order valence-electron chi connectivity index (χ3n) is 4.58. The lowest BCUT2D eigenvalue weighted by Gasteiger charge is -2.36. The molecule has 0 saturated carbocycles. The molecule has 0 aliphatic heterocycles. The normalized spacial score (nSPS) is 11.8. The first-order valence-electron chi connectivity index (χ1n) is 8.66. The molecule has 5 nitrogen and oxygen atoms in total. The maximum Gasteiger partial charge on any atom is 0.206 e. The van der Waals surface area contributed by atoms with Gasteiger partial charge in [0, 0.05) is 11.1 Å². The Morgan fingerprint density at radius 3 is 1.37 bits per heavy atom. The summed E-state index contributed by atoms with van der Waals surface area (Å²) in [5, 5.41) is 1.76. The number of methoxy groups -OCH3 is 2. The molecule has 0 atom stereocenters. The van der Waals surface area contributed by atoms with Crippen LogP contribution >= 0.6 is 0 Å². The van der Waals surface area contributed by atoms with Crippen LogP contribution in [0, 0.1) is 0 Å². The highest BCUT2D eigenvalue weighted by atomic mass is 28.4. The monoisotopic (exact) mass is 402 g/mol. The first-order chi connectivity index (χ1) is 12.7. The fraction of sp³-hybridized carbons (Fsp3) is 0.300. The van der Waals surface area contributed by atoms with Crippen molar-refractivity contribution in [1.29, 1.82) is 0 Å². The van der Waals surface area contributed by atoms with Crippen molar-refractivity contribution in [3.05, 3.63) is 47.5 Å². The van der Waals surface area contributed by atoms with Crippen molar-refractivity contribution in [2.24, 2.45) is 0 Å². The van der Waals surface area contributed by atoms with Gasteiger partial charge in [-0.15, -0.1) is 0 Å². The van der Waals surface area contributed by atoms with E-state index < -0.39 is 16.6 Å². The molecule has 0 fully saturated rings. The predicted octanol–water partition coefficient (Wildman–Crippen LogP) is 2.87. The zero-order valence-electron chi connectivity index (χ0n) is 16.7. The number of carbonyl (C=O) groups excluding carboxylic acids is 2. The van der Waals surface area contributed by atoms with E-state index in [1.165, 1.54) is 0 Å². The molecule has 27 heavy (non-hydrogen) atoms. The SMILES string of the molecule is COc1ccc(C=O)c([Si](C)(C)O[Si](C)(C)c2cc(OC)ccc2C=O)c1. The summed E-state index contributed by atoms with van der Waals surface area (Å²) in [4.78, 5) is 23.1. The van der Waals surface area contributed by atoms with Crippen molar-refractivity contribution in [2.75, 3.05) is 14.2 Å². The highest BCUT2D eigenvalue weighted by Gasteiger charge is 2.38. The lowest BCUT2D eigenvalue weighted by atomic mass is 10.2. The van der Waals surface area contributed by atoms with Gasteiger partial charge in [0.15, 0.2) is 0 Å². The topological polar surface area (TPSA) is 61.8 Å². The Hall–Kier alpha value is -2.23. The van der Waals surface area contributed by atoms with Gasteiger partial charge in [-0.3, -0.25) is 9.59 Å². The second-order valence-corrected chi connectivity index (χ2v) is 15.2. The van der Waals surface area contributed by atoms with Gasteiger partial charge in [0.1, 0.15) is 24.1 Å². The number of hydrogen-bond acceptors (Lipinski definition) is 5. The van der Waals surface area contributed by atoms with Gasteiger partial charge in [0.05, 0.1) is 14.2 Å². The standard InChI is InChI=1S/C20H26O5Si2/c1-23-17-9-7-15(13-21)19(11-17)26(3,4)25-27(5,6)20-12-18(24-2)10-8-16(20)14-22/h7-14H,1-6H3. The van der Waals surface area contributed by atoms with E-state index in [-0.39, 0.29) is 0 Å². The number of hydrogen-bond donors (Lipinski definition) is 0. The van der Waals surface area contributed by atoms with Crippen LogP contribution in [0.3, 0.4) is 0 Å². The fourth-order valence-corrected chi connectivity index (χ4v) is 12.0. The summed E-state index contributed by atoms with van der Waals surface area (Å²) < 4.78 is 17.4. The van der Waals surface area contributed by atoms with Crippen molar-refractivity contribution in [1.82, 2.24) is 0 Å². The molecule has 0 amide bonds. The molecule has 0 aliphatic rings. The summed E-state index contributed by atoms with van der Waals surface area (Å²) in [5.74, 6) is 1.38. The lowest BCUT2D eigenvalue weighted by Crippen LogP contribution is -2.59. The number of benzene rings is 2. The summed E-state index contributed by atoms with van der Waals surface area (Å²) >= 11 is 0. The Morgan fingerprint density at radius 1 is 0.704 bits per heavy atom. The molecular weight excluding hydrogens is 376 g/mol. The average Bonchev–Trinajstić information content (AvgIpc) is 2.66. The van der Waals surface area contributed by atoms with E-state index in [0.29, 0.717) is 22.6 Å². The van der Waals surface area contributed by atoms with Gasteiger partial charge < -0.3 is 13.6 Å². The summed E-state index contributed by atoms with van der Waals surface area (Å²) in [6, 6.07) is 10.8. The van der Waals surface area contributed by atoms with Crippen molar-refractivity contribution in [3.63, 3.8) is 0 Å². The second-order valence-electron chi connectivity index (χ2n) is 7.26. The lowest BCUT2D eigenvalue weighted by molar-refractivity contribution is 0.111. The average molecular weight is 403 g/mol. The smallest absolute Gasteiger partial charge is 0.206 e. The molecular formula is C20H26O5Si2. The van der Waals surface area contributed by atoms with Gasteiger partial charge in [-0.25, -0.2) is 0 Å². The summed E-state index contributed by atoms with van der Waals surface area (Å²) in [5.41, 5.74) is 1.22. The number of carbonyl (C=O) groups is 2. The molecule has 0 unspecified atom stereocenters. The second kappa shape index (κ2) is 8.20. The summed E-state index contributed by atoms with van der Waals surface area (Å²) in [6.07, 6.45) is 1.70. The van der Waals surface area contributed by atoms with Gasteiger partial charge in [-0.2, -0.15) is 0 Å². The van der Waals surface area contributed by atoms with Crippen LogP contribution in [-0.4, -0.2) is 43.4 Å². The third kappa shape index (κ3) is 4.55. The van der Waals surface area contributed by atoms with E-state index in [0.717, 1.165) is 22.9 Å². The molecule has 144 valence electrons.